The minimum atomic E-state index is -0.515. The van der Waals surface area contributed by atoms with Gasteiger partial charge in [0.15, 0.2) is 0 Å². The number of amides is 2. The summed E-state index contributed by atoms with van der Waals surface area (Å²) in [4.78, 5) is 37.4. The molecule has 1 atom stereocenters. The van der Waals surface area contributed by atoms with Crippen LogP contribution in [0.3, 0.4) is 0 Å². The summed E-state index contributed by atoms with van der Waals surface area (Å²) in [5, 5.41) is 11.2. The molecule has 2 aromatic carbocycles. The van der Waals surface area contributed by atoms with Crippen LogP contribution < -0.4 is 0 Å². The molecule has 1 aliphatic heterocycles. The first kappa shape index (κ1) is 21.8. The predicted molar refractivity (Wildman–Crippen MR) is 114 cm³/mol. The number of nitrogens with zero attached hydrogens (tertiary/aromatic N) is 4. The lowest BCUT2D eigenvalue weighted by Crippen LogP contribution is -2.59. The van der Waals surface area contributed by atoms with Crippen LogP contribution in [0.5, 0.6) is 0 Å². The molecule has 2 heterocycles. The van der Waals surface area contributed by atoms with Gasteiger partial charge in [0, 0.05) is 32.4 Å². The Hall–Kier alpha value is -3.94. The highest BCUT2D eigenvalue weighted by Crippen LogP contribution is 2.22. The first-order valence-corrected chi connectivity index (χ1v) is 9.79. The number of carbonyl (C=O) groups is 3. The number of rotatable bonds is 5. The Labute approximate surface area is 180 Å². The summed E-state index contributed by atoms with van der Waals surface area (Å²) in [5.74, 6) is -0.0710. The second kappa shape index (κ2) is 10.2. The highest BCUT2D eigenvalue weighted by molar-refractivity contribution is 5.95. The van der Waals surface area contributed by atoms with Gasteiger partial charge in [-0.15, -0.1) is 0 Å². The van der Waals surface area contributed by atoms with Crippen molar-refractivity contribution < 1.29 is 19.5 Å². The summed E-state index contributed by atoms with van der Waals surface area (Å²) >= 11 is 0. The van der Waals surface area contributed by atoms with E-state index in [1.807, 2.05) is 66.9 Å². The molecule has 1 aromatic heterocycles. The van der Waals surface area contributed by atoms with Crippen LogP contribution in [0, 0.1) is 0 Å². The van der Waals surface area contributed by atoms with Crippen LogP contribution in [-0.2, 0) is 27.3 Å². The molecule has 8 heteroatoms. The summed E-state index contributed by atoms with van der Waals surface area (Å²) in [6, 6.07) is 19.0. The molecule has 31 heavy (non-hydrogen) atoms. The van der Waals surface area contributed by atoms with E-state index in [1.165, 1.54) is 4.90 Å². The van der Waals surface area contributed by atoms with Gasteiger partial charge in [0.1, 0.15) is 6.04 Å². The van der Waals surface area contributed by atoms with Crippen molar-refractivity contribution in [2.24, 2.45) is 0 Å². The SMILES string of the molecule is CN1CC(=O)N(Cc2ccccc2-n2cccn2)[C@@H](Cc2ccccc2)C1=O.O=CO. The zero-order chi connectivity index (χ0) is 22.2. The Bertz CT molecular complexity index is 1020. The van der Waals surface area contributed by atoms with Gasteiger partial charge in [-0.1, -0.05) is 48.5 Å². The minimum absolute atomic E-state index is 0.0278. The maximum Gasteiger partial charge on any atom is 0.290 e. The predicted octanol–water partition coefficient (Wildman–Crippen LogP) is 1.98. The van der Waals surface area contributed by atoms with Crippen LogP contribution in [0.1, 0.15) is 11.1 Å². The number of piperazine rings is 1. The standard InChI is InChI=1S/C22H22N4O2.CH2O2/c1-24-16-21(27)25(20(22(24)28)14-17-8-3-2-4-9-17)15-18-10-5-6-11-19(18)26-13-7-12-23-26;2-1-3/h2-13,20H,14-16H2,1H3;1H,(H,2,3)/t20-;/m0./s1. The number of carboxylic acid groups (broad SMARTS) is 1. The molecular weight excluding hydrogens is 396 g/mol. The smallest absolute Gasteiger partial charge is 0.290 e. The fourth-order valence-electron chi connectivity index (χ4n) is 3.63. The van der Waals surface area contributed by atoms with Crippen molar-refractivity contribution in [3.8, 4) is 5.69 Å². The van der Waals surface area contributed by atoms with Gasteiger partial charge in [0.2, 0.25) is 11.8 Å². The Morgan fingerprint density at radius 2 is 1.74 bits per heavy atom. The topological polar surface area (TPSA) is 95.7 Å². The zero-order valence-electron chi connectivity index (χ0n) is 17.2. The van der Waals surface area contributed by atoms with Crippen molar-refractivity contribution >= 4 is 18.3 Å². The highest BCUT2D eigenvalue weighted by atomic mass is 16.3. The summed E-state index contributed by atoms with van der Waals surface area (Å²) in [6.07, 6.45) is 4.09. The van der Waals surface area contributed by atoms with Gasteiger partial charge in [0.25, 0.3) is 6.47 Å². The maximum absolute atomic E-state index is 12.9. The highest BCUT2D eigenvalue weighted by Gasteiger charge is 2.37. The number of hydrogen-bond donors (Lipinski definition) is 1. The van der Waals surface area contributed by atoms with Crippen molar-refractivity contribution in [1.82, 2.24) is 19.6 Å². The molecule has 0 aliphatic carbocycles. The fourth-order valence-corrected chi connectivity index (χ4v) is 3.63. The quantitative estimate of drug-likeness (QED) is 0.637. The summed E-state index contributed by atoms with van der Waals surface area (Å²) in [5.41, 5.74) is 2.90. The average Bonchev–Trinajstić information content (AvgIpc) is 3.31. The largest absolute Gasteiger partial charge is 0.483 e. The third kappa shape index (κ3) is 5.16. The van der Waals surface area contributed by atoms with Crippen molar-refractivity contribution in [1.29, 1.82) is 0 Å². The fraction of sp³-hybridized carbons (Fsp3) is 0.217. The van der Waals surface area contributed by atoms with E-state index in [0.717, 1.165) is 16.8 Å². The van der Waals surface area contributed by atoms with E-state index in [-0.39, 0.29) is 24.8 Å². The van der Waals surface area contributed by atoms with Crippen molar-refractivity contribution in [3.63, 3.8) is 0 Å². The van der Waals surface area contributed by atoms with Gasteiger partial charge in [-0.25, -0.2) is 4.68 Å². The Morgan fingerprint density at radius 1 is 1.06 bits per heavy atom. The normalized spacial score (nSPS) is 16.0. The lowest BCUT2D eigenvalue weighted by atomic mass is 10.00. The third-order valence-corrected chi connectivity index (χ3v) is 5.09. The molecule has 1 fully saturated rings. The Morgan fingerprint density at radius 3 is 2.42 bits per heavy atom. The van der Waals surface area contributed by atoms with Crippen LogP contribution in [0.25, 0.3) is 5.69 Å². The molecule has 0 radical (unpaired) electrons. The number of carbonyl (C=O) groups excluding carboxylic acids is 2. The van der Waals surface area contributed by atoms with E-state index in [1.54, 1.807) is 22.8 Å². The minimum Gasteiger partial charge on any atom is -0.483 e. The van der Waals surface area contributed by atoms with Gasteiger partial charge < -0.3 is 14.9 Å². The molecule has 2 amide bonds. The van der Waals surface area contributed by atoms with Gasteiger partial charge in [-0.2, -0.15) is 5.10 Å². The molecule has 1 aliphatic rings. The molecule has 1 saturated heterocycles. The van der Waals surface area contributed by atoms with Crippen LogP contribution >= 0.6 is 0 Å². The van der Waals surface area contributed by atoms with E-state index in [9.17, 15) is 9.59 Å². The maximum atomic E-state index is 12.9. The first-order valence-electron chi connectivity index (χ1n) is 9.79. The molecule has 3 aromatic rings. The summed E-state index contributed by atoms with van der Waals surface area (Å²) in [6.45, 7) is 0.222. The Balaban J connectivity index is 0.000000858. The van der Waals surface area contributed by atoms with Crippen molar-refractivity contribution in [3.05, 3.63) is 84.2 Å². The van der Waals surface area contributed by atoms with Crippen LogP contribution in [-0.4, -0.2) is 62.6 Å². The summed E-state index contributed by atoms with van der Waals surface area (Å²) in [7, 11) is 1.69. The molecule has 160 valence electrons. The van der Waals surface area contributed by atoms with E-state index in [4.69, 9.17) is 9.90 Å². The van der Waals surface area contributed by atoms with Gasteiger partial charge in [0.05, 0.1) is 12.2 Å². The lowest BCUT2D eigenvalue weighted by molar-refractivity contribution is -0.155. The van der Waals surface area contributed by atoms with E-state index in [0.29, 0.717) is 13.0 Å². The number of likely N-dealkylation sites (N-methyl/N-ethyl adjacent to an activating group) is 1. The van der Waals surface area contributed by atoms with E-state index in [2.05, 4.69) is 5.10 Å². The lowest BCUT2D eigenvalue weighted by Gasteiger charge is -2.39. The molecule has 4 rings (SSSR count). The zero-order valence-corrected chi connectivity index (χ0v) is 17.2. The first-order chi connectivity index (χ1) is 15.0. The van der Waals surface area contributed by atoms with Crippen LogP contribution in [0.4, 0.5) is 0 Å². The van der Waals surface area contributed by atoms with Crippen molar-refractivity contribution in [2.45, 2.75) is 19.0 Å². The second-order valence-corrected chi connectivity index (χ2v) is 7.11. The molecule has 1 N–H and O–H groups in total. The number of para-hydroxylation sites is 1. The van der Waals surface area contributed by atoms with Gasteiger partial charge >= 0.3 is 0 Å². The summed E-state index contributed by atoms with van der Waals surface area (Å²) < 4.78 is 1.78. The van der Waals surface area contributed by atoms with E-state index >= 15 is 0 Å². The number of hydrogen-bond acceptors (Lipinski definition) is 4. The third-order valence-electron chi connectivity index (χ3n) is 5.09. The van der Waals surface area contributed by atoms with Crippen LogP contribution in [0.15, 0.2) is 73.1 Å². The molecule has 0 unspecified atom stereocenters. The molecule has 0 saturated carbocycles. The van der Waals surface area contributed by atoms with Crippen molar-refractivity contribution in [2.75, 3.05) is 13.6 Å². The monoisotopic (exact) mass is 420 g/mol. The average molecular weight is 420 g/mol. The number of benzene rings is 2. The molecule has 0 spiro atoms. The second-order valence-electron chi connectivity index (χ2n) is 7.11. The van der Waals surface area contributed by atoms with Gasteiger partial charge in [-0.3, -0.25) is 14.4 Å². The number of aromatic nitrogens is 2. The molecule has 8 nitrogen and oxygen atoms in total. The Kier molecular flexibility index (Phi) is 7.16. The van der Waals surface area contributed by atoms with E-state index < -0.39 is 6.04 Å². The van der Waals surface area contributed by atoms with Crippen LogP contribution in [0.2, 0.25) is 0 Å². The molecular formula is C23H24N4O4. The van der Waals surface area contributed by atoms with Gasteiger partial charge in [-0.05, 0) is 23.3 Å². The molecule has 0 bridgehead atoms.